The molecule has 0 saturated carbocycles. The van der Waals surface area contributed by atoms with Gasteiger partial charge in [0.1, 0.15) is 12.1 Å². The zero-order valence-corrected chi connectivity index (χ0v) is 11.3. The van der Waals surface area contributed by atoms with E-state index in [1.54, 1.807) is 0 Å². The van der Waals surface area contributed by atoms with Crippen LogP contribution in [-0.2, 0) is 9.59 Å². The second-order valence-corrected chi connectivity index (χ2v) is 4.63. The molecule has 0 bridgehead atoms. The van der Waals surface area contributed by atoms with Crippen LogP contribution in [0.15, 0.2) is 24.3 Å². The Morgan fingerprint density at radius 3 is 2.43 bits per heavy atom. The van der Waals surface area contributed by atoms with Crippen molar-refractivity contribution in [1.82, 2.24) is 5.32 Å². The summed E-state index contributed by atoms with van der Waals surface area (Å²) in [6, 6.07) is 3.49. The number of anilines is 1. The number of rotatable bonds is 2. The average Bonchev–Trinajstić information content (AvgIpc) is 2.37. The lowest BCUT2D eigenvalue weighted by molar-refractivity contribution is -0.274. The lowest BCUT2D eigenvalue weighted by atomic mass is 10.1. The van der Waals surface area contributed by atoms with Gasteiger partial charge in [-0.3, -0.25) is 14.5 Å². The number of halogens is 3. The van der Waals surface area contributed by atoms with E-state index in [-0.39, 0.29) is 5.69 Å². The summed E-state index contributed by atoms with van der Waals surface area (Å²) in [4.78, 5) is 25.0. The molecule has 0 aromatic heterocycles. The average molecular weight is 302 g/mol. The van der Waals surface area contributed by atoms with E-state index in [1.807, 2.05) is 0 Å². The SMILES string of the molecule is CC1NC(=O)C(C)N(c2ccccc2OC(F)(F)F)C1=O. The second kappa shape index (κ2) is 5.27. The van der Waals surface area contributed by atoms with Gasteiger partial charge in [0.25, 0.3) is 0 Å². The Labute approximate surface area is 118 Å². The summed E-state index contributed by atoms with van der Waals surface area (Å²) in [6.07, 6.45) is -4.88. The van der Waals surface area contributed by atoms with Crippen LogP contribution < -0.4 is 15.0 Å². The van der Waals surface area contributed by atoms with Crippen LogP contribution in [0.2, 0.25) is 0 Å². The molecule has 2 unspecified atom stereocenters. The number of alkyl halides is 3. The zero-order chi connectivity index (χ0) is 15.8. The molecular weight excluding hydrogens is 289 g/mol. The van der Waals surface area contributed by atoms with Crippen molar-refractivity contribution in [2.45, 2.75) is 32.3 Å². The van der Waals surface area contributed by atoms with Gasteiger partial charge in [-0.15, -0.1) is 13.2 Å². The number of hydrogen-bond acceptors (Lipinski definition) is 3. The lowest BCUT2D eigenvalue weighted by Crippen LogP contribution is -2.61. The molecule has 21 heavy (non-hydrogen) atoms. The van der Waals surface area contributed by atoms with Crippen molar-refractivity contribution in [2.75, 3.05) is 4.90 Å². The molecule has 114 valence electrons. The summed E-state index contributed by atoms with van der Waals surface area (Å²) in [7, 11) is 0. The van der Waals surface area contributed by atoms with Gasteiger partial charge in [0, 0.05) is 0 Å². The molecule has 1 N–H and O–H groups in total. The van der Waals surface area contributed by atoms with Gasteiger partial charge in [0.2, 0.25) is 11.8 Å². The van der Waals surface area contributed by atoms with Crippen LogP contribution in [0.4, 0.5) is 18.9 Å². The summed E-state index contributed by atoms with van der Waals surface area (Å²) in [5.74, 6) is -1.46. The van der Waals surface area contributed by atoms with Gasteiger partial charge in [-0.2, -0.15) is 0 Å². The molecule has 1 aromatic rings. The summed E-state index contributed by atoms with van der Waals surface area (Å²) in [6.45, 7) is 2.90. The number of nitrogens with zero attached hydrogens (tertiary/aromatic N) is 1. The quantitative estimate of drug-likeness (QED) is 0.906. The van der Waals surface area contributed by atoms with E-state index >= 15 is 0 Å². The molecule has 1 aliphatic rings. The predicted molar refractivity (Wildman–Crippen MR) is 67.7 cm³/mol. The Morgan fingerprint density at radius 1 is 1.19 bits per heavy atom. The summed E-state index contributed by atoms with van der Waals surface area (Å²) in [5, 5.41) is 2.45. The van der Waals surface area contributed by atoms with Crippen molar-refractivity contribution in [2.24, 2.45) is 0 Å². The first-order valence-corrected chi connectivity index (χ1v) is 6.19. The maximum atomic E-state index is 12.4. The fourth-order valence-electron chi connectivity index (χ4n) is 2.11. The highest BCUT2D eigenvalue weighted by Gasteiger charge is 2.39. The highest BCUT2D eigenvalue weighted by molar-refractivity contribution is 6.08. The fraction of sp³-hybridized carbons (Fsp3) is 0.385. The van der Waals surface area contributed by atoms with Gasteiger partial charge in [-0.05, 0) is 26.0 Å². The standard InChI is InChI=1S/C13H13F3N2O3/c1-7-12(20)18(8(2)11(19)17-7)9-5-3-4-6-10(9)21-13(14,15)16/h3-8H,1-2H3,(H,17,19). The number of carbonyl (C=O) groups excluding carboxylic acids is 2. The van der Waals surface area contributed by atoms with E-state index in [4.69, 9.17) is 0 Å². The number of hydrogen-bond donors (Lipinski definition) is 1. The van der Waals surface area contributed by atoms with E-state index in [0.717, 1.165) is 11.0 Å². The van der Waals surface area contributed by atoms with Crippen molar-refractivity contribution in [3.05, 3.63) is 24.3 Å². The summed E-state index contributed by atoms with van der Waals surface area (Å²) < 4.78 is 41.2. The minimum absolute atomic E-state index is 0.0889. The fourth-order valence-corrected chi connectivity index (χ4v) is 2.11. The highest BCUT2D eigenvalue weighted by atomic mass is 19.4. The molecule has 2 rings (SSSR count). The van der Waals surface area contributed by atoms with Gasteiger partial charge in [0.15, 0.2) is 5.75 Å². The van der Waals surface area contributed by atoms with E-state index in [9.17, 15) is 22.8 Å². The minimum Gasteiger partial charge on any atom is -0.404 e. The molecule has 0 radical (unpaired) electrons. The van der Waals surface area contributed by atoms with Crippen molar-refractivity contribution in [1.29, 1.82) is 0 Å². The van der Waals surface area contributed by atoms with Crippen LogP contribution in [-0.4, -0.2) is 30.3 Å². The Kier molecular flexibility index (Phi) is 3.80. The molecule has 1 saturated heterocycles. The maximum Gasteiger partial charge on any atom is 0.573 e. The Hall–Kier alpha value is -2.25. The zero-order valence-electron chi connectivity index (χ0n) is 11.3. The first-order chi connectivity index (χ1) is 9.70. The number of benzene rings is 1. The first kappa shape index (κ1) is 15.1. The molecule has 1 aromatic carbocycles. The molecule has 0 spiro atoms. The van der Waals surface area contributed by atoms with Gasteiger partial charge in [0.05, 0.1) is 5.69 Å². The number of carbonyl (C=O) groups is 2. The molecule has 1 aliphatic heterocycles. The topological polar surface area (TPSA) is 58.6 Å². The Bertz CT molecular complexity index is 574. The third-order valence-corrected chi connectivity index (χ3v) is 3.08. The molecule has 2 atom stereocenters. The van der Waals surface area contributed by atoms with Crippen LogP contribution >= 0.6 is 0 Å². The van der Waals surface area contributed by atoms with Gasteiger partial charge in [-0.25, -0.2) is 0 Å². The molecule has 1 fully saturated rings. The monoisotopic (exact) mass is 302 g/mol. The summed E-state index contributed by atoms with van der Waals surface area (Å²) >= 11 is 0. The van der Waals surface area contributed by atoms with Crippen molar-refractivity contribution in [3.63, 3.8) is 0 Å². The number of amides is 2. The van der Waals surface area contributed by atoms with Crippen LogP contribution in [0.1, 0.15) is 13.8 Å². The highest BCUT2D eigenvalue weighted by Crippen LogP contribution is 2.34. The third kappa shape index (κ3) is 3.09. The third-order valence-electron chi connectivity index (χ3n) is 3.08. The summed E-state index contributed by atoms with van der Waals surface area (Å²) in [5.41, 5.74) is -0.0889. The number of para-hydroxylation sites is 2. The van der Waals surface area contributed by atoms with Gasteiger partial charge in [-0.1, -0.05) is 12.1 Å². The molecule has 0 aliphatic carbocycles. The van der Waals surface area contributed by atoms with Gasteiger partial charge < -0.3 is 10.1 Å². The van der Waals surface area contributed by atoms with Crippen LogP contribution in [0.3, 0.4) is 0 Å². The van der Waals surface area contributed by atoms with E-state index < -0.39 is 36.0 Å². The van der Waals surface area contributed by atoms with Crippen molar-refractivity contribution in [3.8, 4) is 5.75 Å². The number of ether oxygens (including phenoxy) is 1. The molecular formula is C13H13F3N2O3. The van der Waals surface area contributed by atoms with E-state index in [2.05, 4.69) is 10.1 Å². The van der Waals surface area contributed by atoms with Crippen LogP contribution in [0, 0.1) is 0 Å². The smallest absolute Gasteiger partial charge is 0.404 e. The van der Waals surface area contributed by atoms with E-state index in [1.165, 1.54) is 32.0 Å². The maximum absolute atomic E-state index is 12.4. The lowest BCUT2D eigenvalue weighted by Gasteiger charge is -2.36. The number of nitrogens with one attached hydrogen (secondary N) is 1. The molecule has 5 nitrogen and oxygen atoms in total. The normalized spacial score (nSPS) is 23.0. The first-order valence-electron chi connectivity index (χ1n) is 6.19. The molecule has 8 heteroatoms. The second-order valence-electron chi connectivity index (χ2n) is 4.63. The predicted octanol–water partition coefficient (Wildman–Crippen LogP) is 1.82. The Balaban J connectivity index is 2.44. The number of piperazine rings is 1. The van der Waals surface area contributed by atoms with Gasteiger partial charge >= 0.3 is 6.36 Å². The van der Waals surface area contributed by atoms with Crippen molar-refractivity contribution >= 4 is 17.5 Å². The largest absolute Gasteiger partial charge is 0.573 e. The minimum atomic E-state index is -4.88. The van der Waals surface area contributed by atoms with Crippen molar-refractivity contribution < 1.29 is 27.5 Å². The molecule has 1 heterocycles. The molecule has 2 amide bonds. The Morgan fingerprint density at radius 2 is 1.81 bits per heavy atom. The van der Waals surface area contributed by atoms with Crippen LogP contribution in [0.25, 0.3) is 0 Å². The van der Waals surface area contributed by atoms with Crippen LogP contribution in [0.5, 0.6) is 5.75 Å². The van der Waals surface area contributed by atoms with E-state index in [0.29, 0.717) is 0 Å².